The average molecular weight is 322 g/mol. The predicted molar refractivity (Wildman–Crippen MR) is 75.7 cm³/mol. The number of rotatable bonds is 7. The highest BCUT2D eigenvalue weighted by Gasteiger charge is 2.21. The van der Waals surface area contributed by atoms with Crippen LogP contribution in [0.25, 0.3) is 0 Å². The van der Waals surface area contributed by atoms with Crippen molar-refractivity contribution in [1.29, 1.82) is 0 Å². The molecule has 112 valence electrons. The van der Waals surface area contributed by atoms with Gasteiger partial charge in [0.25, 0.3) is 14.7 Å². The van der Waals surface area contributed by atoms with Crippen LogP contribution in [0.2, 0.25) is 0 Å². The minimum Gasteiger partial charge on any atom is -0.492 e. The smallest absolute Gasteiger partial charge is 0.271 e. The highest BCUT2D eigenvalue weighted by Crippen LogP contribution is 2.31. The molecule has 8 heteroatoms. The minimum atomic E-state index is -4.11. The molecule has 0 aliphatic heterocycles. The maximum Gasteiger partial charge on any atom is 0.271 e. The summed E-state index contributed by atoms with van der Waals surface area (Å²) in [5.74, 6) is 0.287. The molecule has 0 saturated carbocycles. The fraction of sp³-hybridized carbons (Fsp3) is 0.500. The van der Waals surface area contributed by atoms with E-state index >= 15 is 0 Å². The highest BCUT2D eigenvalue weighted by atomic mass is 35.7. The molecule has 0 aliphatic carbocycles. The van der Waals surface area contributed by atoms with Crippen LogP contribution in [-0.4, -0.2) is 19.9 Å². The summed E-state index contributed by atoms with van der Waals surface area (Å²) < 4.78 is 28.4. The van der Waals surface area contributed by atoms with Crippen LogP contribution in [0.1, 0.15) is 26.7 Å². The van der Waals surface area contributed by atoms with Gasteiger partial charge in [0.15, 0.2) is 0 Å². The van der Waals surface area contributed by atoms with Crippen molar-refractivity contribution in [3.8, 4) is 5.75 Å². The number of nitro benzene ring substituents is 1. The molecule has 0 fully saturated rings. The molecule has 1 aromatic carbocycles. The zero-order chi connectivity index (χ0) is 15.3. The number of halogens is 1. The van der Waals surface area contributed by atoms with E-state index in [-0.39, 0.29) is 22.3 Å². The van der Waals surface area contributed by atoms with Crippen molar-refractivity contribution in [3.05, 3.63) is 28.3 Å². The van der Waals surface area contributed by atoms with Gasteiger partial charge in [0, 0.05) is 22.8 Å². The van der Waals surface area contributed by atoms with E-state index < -0.39 is 14.0 Å². The van der Waals surface area contributed by atoms with Crippen LogP contribution in [-0.2, 0) is 9.05 Å². The van der Waals surface area contributed by atoms with Crippen LogP contribution in [0.15, 0.2) is 23.1 Å². The second-order valence-electron chi connectivity index (χ2n) is 4.53. The van der Waals surface area contributed by atoms with Gasteiger partial charge >= 0.3 is 0 Å². The summed E-state index contributed by atoms with van der Waals surface area (Å²) in [7, 11) is 1.18. The normalized spacial score (nSPS) is 12.9. The fourth-order valence-corrected chi connectivity index (χ4v) is 2.72. The lowest BCUT2D eigenvalue weighted by atomic mass is 10.1. The number of hydrogen-bond donors (Lipinski definition) is 0. The van der Waals surface area contributed by atoms with Gasteiger partial charge in [0.05, 0.1) is 11.5 Å². The summed E-state index contributed by atoms with van der Waals surface area (Å²) in [5.41, 5.74) is -0.349. The maximum absolute atomic E-state index is 11.5. The van der Waals surface area contributed by atoms with Gasteiger partial charge in [-0.15, -0.1) is 0 Å². The Labute approximate surface area is 122 Å². The van der Waals surface area contributed by atoms with Crippen molar-refractivity contribution in [3.63, 3.8) is 0 Å². The molecule has 0 radical (unpaired) electrons. The molecule has 0 bridgehead atoms. The average Bonchev–Trinajstić information content (AvgIpc) is 2.35. The summed E-state index contributed by atoms with van der Waals surface area (Å²) in [5, 5.41) is 10.7. The molecule has 20 heavy (non-hydrogen) atoms. The Bertz CT molecular complexity index is 588. The molecule has 1 aromatic rings. The van der Waals surface area contributed by atoms with Gasteiger partial charge in [0.1, 0.15) is 10.6 Å². The number of nitrogens with zero attached hydrogens (tertiary/aromatic N) is 1. The molecule has 0 amide bonds. The van der Waals surface area contributed by atoms with E-state index in [2.05, 4.69) is 0 Å². The van der Waals surface area contributed by atoms with Crippen LogP contribution < -0.4 is 4.74 Å². The highest BCUT2D eigenvalue weighted by molar-refractivity contribution is 8.13. The third-order valence-corrected chi connectivity index (χ3v) is 4.05. The van der Waals surface area contributed by atoms with Crippen molar-refractivity contribution in [2.45, 2.75) is 31.6 Å². The molecule has 1 unspecified atom stereocenters. The molecule has 0 saturated heterocycles. The zero-order valence-corrected chi connectivity index (χ0v) is 12.8. The lowest BCUT2D eigenvalue weighted by Gasteiger charge is -2.13. The van der Waals surface area contributed by atoms with Gasteiger partial charge in [-0.3, -0.25) is 10.1 Å². The van der Waals surface area contributed by atoms with Gasteiger partial charge in [-0.2, -0.15) is 0 Å². The third kappa shape index (κ3) is 4.64. The van der Waals surface area contributed by atoms with Gasteiger partial charge in [-0.1, -0.05) is 20.3 Å². The molecule has 0 spiro atoms. The van der Waals surface area contributed by atoms with Crippen molar-refractivity contribution < 1.29 is 18.1 Å². The molecule has 0 aliphatic rings. The first-order valence-electron chi connectivity index (χ1n) is 6.11. The molecule has 0 N–H and O–H groups in total. The van der Waals surface area contributed by atoms with E-state index in [4.69, 9.17) is 15.4 Å². The second kappa shape index (κ2) is 6.90. The summed E-state index contributed by atoms with van der Waals surface area (Å²) in [6.45, 7) is 4.34. The first-order chi connectivity index (χ1) is 9.25. The van der Waals surface area contributed by atoms with Crippen LogP contribution in [0, 0.1) is 16.0 Å². The van der Waals surface area contributed by atoms with E-state index in [1.807, 2.05) is 13.8 Å². The molecule has 1 atom stereocenters. The molecular weight excluding hydrogens is 306 g/mol. The number of ether oxygens (including phenoxy) is 1. The van der Waals surface area contributed by atoms with Gasteiger partial charge in [-0.25, -0.2) is 8.42 Å². The monoisotopic (exact) mass is 321 g/mol. The first kappa shape index (κ1) is 16.7. The summed E-state index contributed by atoms with van der Waals surface area (Å²) >= 11 is 0. The Balaban J connectivity index is 3.04. The third-order valence-electron chi connectivity index (χ3n) is 2.71. The second-order valence-corrected chi connectivity index (χ2v) is 7.07. The molecule has 0 aromatic heterocycles. The lowest BCUT2D eigenvalue weighted by molar-refractivity contribution is -0.385. The number of hydrogen-bond acceptors (Lipinski definition) is 5. The Kier molecular flexibility index (Phi) is 5.76. The summed E-state index contributed by atoms with van der Waals surface area (Å²) in [4.78, 5) is 9.61. The van der Waals surface area contributed by atoms with E-state index in [0.29, 0.717) is 6.61 Å². The molecule has 1 rings (SSSR count). The maximum atomic E-state index is 11.5. The van der Waals surface area contributed by atoms with Crippen molar-refractivity contribution in [1.82, 2.24) is 0 Å². The van der Waals surface area contributed by atoms with Crippen LogP contribution in [0.3, 0.4) is 0 Å². The van der Waals surface area contributed by atoms with Crippen molar-refractivity contribution in [2.24, 2.45) is 5.92 Å². The van der Waals surface area contributed by atoms with Crippen molar-refractivity contribution >= 4 is 25.4 Å². The number of benzene rings is 1. The summed E-state index contributed by atoms with van der Waals surface area (Å²) in [6.07, 6.45) is 1.93. The van der Waals surface area contributed by atoms with Crippen LogP contribution in [0.5, 0.6) is 5.75 Å². The number of nitro groups is 1. The Morgan fingerprint density at radius 2 is 2.10 bits per heavy atom. The SMILES string of the molecule is CCCC(C)COc1ccc([N+](=O)[O-])cc1S(=O)(=O)Cl. The topological polar surface area (TPSA) is 86.5 Å². The molecular formula is C12H16ClNO5S. The van der Waals surface area contributed by atoms with Gasteiger partial charge in [-0.05, 0) is 18.4 Å². The number of non-ortho nitro benzene ring substituents is 1. The van der Waals surface area contributed by atoms with E-state index in [1.54, 1.807) is 0 Å². The van der Waals surface area contributed by atoms with Gasteiger partial charge in [0.2, 0.25) is 0 Å². The standard InChI is InChI=1S/C12H16ClNO5S/c1-3-4-9(2)8-19-11-6-5-10(14(15)16)7-12(11)20(13,17)18/h5-7,9H,3-4,8H2,1-2H3. The Morgan fingerprint density at radius 3 is 2.60 bits per heavy atom. The molecule has 6 nitrogen and oxygen atoms in total. The quantitative estimate of drug-likeness (QED) is 0.436. The van der Waals surface area contributed by atoms with Crippen LogP contribution >= 0.6 is 10.7 Å². The van der Waals surface area contributed by atoms with Crippen molar-refractivity contribution in [2.75, 3.05) is 6.61 Å². The van der Waals surface area contributed by atoms with E-state index in [1.165, 1.54) is 12.1 Å². The molecule has 0 heterocycles. The van der Waals surface area contributed by atoms with Gasteiger partial charge < -0.3 is 4.74 Å². The Hall–Kier alpha value is -1.34. The lowest BCUT2D eigenvalue weighted by Crippen LogP contribution is -2.10. The minimum absolute atomic E-state index is 0.0357. The largest absolute Gasteiger partial charge is 0.492 e. The summed E-state index contributed by atoms with van der Waals surface area (Å²) in [6, 6.07) is 3.35. The predicted octanol–water partition coefficient (Wildman–Crippen LogP) is 3.34. The zero-order valence-electron chi connectivity index (χ0n) is 11.2. The van der Waals surface area contributed by atoms with Crippen LogP contribution in [0.4, 0.5) is 5.69 Å². The van der Waals surface area contributed by atoms with E-state index in [9.17, 15) is 18.5 Å². The Morgan fingerprint density at radius 1 is 1.45 bits per heavy atom. The first-order valence-corrected chi connectivity index (χ1v) is 8.42. The van der Waals surface area contributed by atoms with E-state index in [0.717, 1.165) is 18.9 Å². The fourth-order valence-electron chi connectivity index (χ4n) is 1.73.